The first-order valence-corrected chi connectivity index (χ1v) is 7.65. The molecule has 0 radical (unpaired) electrons. The van der Waals surface area contributed by atoms with E-state index in [-0.39, 0.29) is 18.0 Å². The molecule has 0 spiro atoms. The molecular weight excluding hydrogens is 250 g/mol. The Hall–Kier alpha value is -1.09. The summed E-state index contributed by atoms with van der Waals surface area (Å²) in [6, 6.07) is 0. The summed E-state index contributed by atoms with van der Waals surface area (Å²) in [6.45, 7) is 5.15. The van der Waals surface area contributed by atoms with Crippen molar-refractivity contribution >= 4 is 5.97 Å². The Morgan fingerprint density at radius 3 is 2.65 bits per heavy atom. The summed E-state index contributed by atoms with van der Waals surface area (Å²) < 4.78 is 5.65. The minimum atomic E-state index is -0.0160. The van der Waals surface area contributed by atoms with Gasteiger partial charge in [0.1, 0.15) is 6.10 Å². The zero-order chi connectivity index (χ0) is 14.7. The van der Waals surface area contributed by atoms with E-state index < -0.39 is 0 Å². The Balaban J connectivity index is 2.20. The second-order valence-corrected chi connectivity index (χ2v) is 6.57. The number of ether oxygens (including phenoxy) is 1. The van der Waals surface area contributed by atoms with E-state index in [1.165, 1.54) is 11.1 Å². The molecule has 3 atom stereocenters. The van der Waals surface area contributed by atoms with Crippen LogP contribution in [0.4, 0.5) is 0 Å². The summed E-state index contributed by atoms with van der Waals surface area (Å²) in [5.74, 6) is 0.326. The van der Waals surface area contributed by atoms with Crippen LogP contribution in [0.3, 0.4) is 0 Å². The van der Waals surface area contributed by atoms with E-state index in [1.807, 2.05) is 14.1 Å². The third kappa shape index (κ3) is 3.72. The Bertz CT molecular complexity index is 423. The fourth-order valence-electron chi connectivity index (χ4n) is 3.22. The van der Waals surface area contributed by atoms with E-state index in [1.54, 1.807) is 0 Å². The third-order valence-electron chi connectivity index (χ3n) is 4.41. The molecule has 1 heterocycles. The molecule has 20 heavy (non-hydrogen) atoms. The molecule has 1 saturated heterocycles. The second-order valence-electron chi connectivity index (χ2n) is 6.57. The SMILES string of the molecule is CC1=CCCC2C(C=C(C)CC1)OC(=O)C2CN(C)C. The highest BCUT2D eigenvalue weighted by atomic mass is 16.6. The Labute approximate surface area is 122 Å². The summed E-state index contributed by atoms with van der Waals surface area (Å²) in [7, 11) is 4.04. The number of nitrogens with zero attached hydrogens (tertiary/aromatic N) is 1. The van der Waals surface area contributed by atoms with Gasteiger partial charge in [-0.25, -0.2) is 0 Å². The average Bonchev–Trinajstić information content (AvgIpc) is 2.63. The fourth-order valence-corrected chi connectivity index (χ4v) is 3.22. The Morgan fingerprint density at radius 2 is 1.95 bits per heavy atom. The van der Waals surface area contributed by atoms with Gasteiger partial charge in [0.05, 0.1) is 5.92 Å². The van der Waals surface area contributed by atoms with Crippen LogP contribution in [0.1, 0.15) is 39.5 Å². The number of fused-ring (bicyclic) bond motifs is 1. The number of allylic oxidation sites excluding steroid dienone is 3. The van der Waals surface area contributed by atoms with Crippen LogP contribution in [0.15, 0.2) is 23.3 Å². The second kappa shape index (κ2) is 6.57. The molecule has 3 unspecified atom stereocenters. The molecule has 0 N–H and O–H groups in total. The maximum atomic E-state index is 12.1. The van der Waals surface area contributed by atoms with Gasteiger partial charge in [-0.05, 0) is 59.7 Å². The van der Waals surface area contributed by atoms with Gasteiger partial charge in [0.25, 0.3) is 0 Å². The van der Waals surface area contributed by atoms with Gasteiger partial charge in [0.2, 0.25) is 0 Å². The summed E-state index contributed by atoms with van der Waals surface area (Å²) in [5, 5.41) is 0. The maximum Gasteiger partial charge on any atom is 0.311 e. The van der Waals surface area contributed by atoms with Gasteiger partial charge in [-0.1, -0.05) is 17.2 Å². The predicted octanol–water partition coefficient (Wildman–Crippen LogP) is 3.17. The summed E-state index contributed by atoms with van der Waals surface area (Å²) in [4.78, 5) is 14.2. The molecule has 112 valence electrons. The number of carbonyl (C=O) groups is 1. The Kier molecular flexibility index (Phi) is 5.03. The molecule has 0 amide bonds. The largest absolute Gasteiger partial charge is 0.458 e. The third-order valence-corrected chi connectivity index (χ3v) is 4.41. The van der Waals surface area contributed by atoms with Gasteiger partial charge in [0, 0.05) is 12.5 Å². The van der Waals surface area contributed by atoms with E-state index in [0.29, 0.717) is 5.92 Å². The van der Waals surface area contributed by atoms with Crippen LogP contribution in [-0.2, 0) is 9.53 Å². The van der Waals surface area contributed by atoms with Crippen molar-refractivity contribution in [2.45, 2.75) is 45.6 Å². The number of carbonyl (C=O) groups excluding carboxylic acids is 1. The molecule has 1 fully saturated rings. The quantitative estimate of drug-likeness (QED) is 0.573. The monoisotopic (exact) mass is 277 g/mol. The first-order valence-electron chi connectivity index (χ1n) is 7.65. The highest BCUT2D eigenvalue weighted by Gasteiger charge is 2.43. The van der Waals surface area contributed by atoms with E-state index in [0.717, 1.165) is 32.2 Å². The van der Waals surface area contributed by atoms with Gasteiger partial charge in [-0.15, -0.1) is 0 Å². The standard InChI is InChI=1S/C17H27NO2/c1-12-6-5-7-14-15(11-18(3)4)17(19)20-16(14)10-13(2)9-8-12/h6,10,14-16H,5,7-9,11H2,1-4H3. The van der Waals surface area contributed by atoms with E-state index in [9.17, 15) is 4.79 Å². The lowest BCUT2D eigenvalue weighted by atomic mass is 9.84. The van der Waals surface area contributed by atoms with Crippen molar-refractivity contribution in [1.29, 1.82) is 0 Å². The van der Waals surface area contributed by atoms with E-state index in [2.05, 4.69) is 30.9 Å². The van der Waals surface area contributed by atoms with Gasteiger partial charge >= 0.3 is 5.97 Å². The van der Waals surface area contributed by atoms with Gasteiger partial charge in [-0.2, -0.15) is 0 Å². The average molecular weight is 277 g/mol. The first kappa shape index (κ1) is 15.3. The van der Waals surface area contributed by atoms with Crippen LogP contribution in [0, 0.1) is 11.8 Å². The van der Waals surface area contributed by atoms with E-state index in [4.69, 9.17) is 4.74 Å². The lowest BCUT2D eigenvalue weighted by Gasteiger charge is -2.22. The molecule has 3 heteroatoms. The lowest BCUT2D eigenvalue weighted by Crippen LogP contribution is -2.30. The van der Waals surface area contributed by atoms with Crippen molar-refractivity contribution in [2.24, 2.45) is 11.8 Å². The summed E-state index contributed by atoms with van der Waals surface area (Å²) in [6.07, 6.45) is 8.80. The van der Waals surface area contributed by atoms with Crippen molar-refractivity contribution in [3.05, 3.63) is 23.3 Å². The van der Waals surface area contributed by atoms with Crippen LogP contribution in [0.25, 0.3) is 0 Å². The molecule has 0 saturated carbocycles. The van der Waals surface area contributed by atoms with Gasteiger partial charge < -0.3 is 9.64 Å². The molecule has 0 bridgehead atoms. The lowest BCUT2D eigenvalue weighted by molar-refractivity contribution is -0.143. The van der Waals surface area contributed by atoms with Gasteiger partial charge in [0.15, 0.2) is 0 Å². The molecular formula is C17H27NO2. The van der Waals surface area contributed by atoms with Crippen LogP contribution < -0.4 is 0 Å². The van der Waals surface area contributed by atoms with Crippen LogP contribution in [0.5, 0.6) is 0 Å². The molecule has 2 rings (SSSR count). The molecule has 3 nitrogen and oxygen atoms in total. The van der Waals surface area contributed by atoms with Crippen molar-refractivity contribution in [3.8, 4) is 0 Å². The zero-order valence-electron chi connectivity index (χ0n) is 13.2. The number of hydrogen-bond donors (Lipinski definition) is 0. The molecule has 1 aliphatic heterocycles. The van der Waals surface area contributed by atoms with Gasteiger partial charge in [-0.3, -0.25) is 4.79 Å². The normalized spacial score (nSPS) is 31.4. The number of rotatable bonds is 2. The molecule has 0 aromatic rings. The molecule has 0 aromatic heterocycles. The van der Waals surface area contributed by atoms with Crippen LogP contribution in [0.2, 0.25) is 0 Å². The minimum absolute atomic E-state index is 0.0146. The summed E-state index contributed by atoms with van der Waals surface area (Å²) in [5.41, 5.74) is 2.80. The number of esters is 1. The first-order chi connectivity index (χ1) is 9.47. The van der Waals surface area contributed by atoms with Crippen molar-refractivity contribution < 1.29 is 9.53 Å². The topological polar surface area (TPSA) is 29.5 Å². The van der Waals surface area contributed by atoms with Crippen LogP contribution in [-0.4, -0.2) is 37.6 Å². The van der Waals surface area contributed by atoms with Crippen molar-refractivity contribution in [1.82, 2.24) is 4.90 Å². The smallest absolute Gasteiger partial charge is 0.311 e. The predicted molar refractivity (Wildman–Crippen MR) is 81.4 cm³/mol. The highest BCUT2D eigenvalue weighted by molar-refractivity contribution is 5.76. The molecule has 1 aliphatic carbocycles. The molecule has 0 aromatic carbocycles. The Morgan fingerprint density at radius 1 is 1.25 bits per heavy atom. The maximum absolute atomic E-state index is 12.1. The highest BCUT2D eigenvalue weighted by Crippen LogP contribution is 2.35. The van der Waals surface area contributed by atoms with E-state index >= 15 is 0 Å². The zero-order valence-corrected chi connectivity index (χ0v) is 13.2. The van der Waals surface area contributed by atoms with Crippen molar-refractivity contribution in [2.75, 3.05) is 20.6 Å². The minimum Gasteiger partial charge on any atom is -0.458 e. The van der Waals surface area contributed by atoms with Crippen molar-refractivity contribution in [3.63, 3.8) is 0 Å². The van der Waals surface area contributed by atoms with Crippen LogP contribution >= 0.6 is 0 Å². The molecule has 2 aliphatic rings. The fraction of sp³-hybridized carbons (Fsp3) is 0.706. The summed E-state index contributed by atoms with van der Waals surface area (Å²) >= 11 is 0. The number of hydrogen-bond acceptors (Lipinski definition) is 3.